The van der Waals surface area contributed by atoms with Crippen LogP contribution in [0.15, 0.2) is 29.4 Å². The van der Waals surface area contributed by atoms with Crippen molar-refractivity contribution in [3.63, 3.8) is 0 Å². The maximum absolute atomic E-state index is 13.2. The van der Waals surface area contributed by atoms with E-state index >= 15 is 0 Å². The largest absolute Gasteiger partial charge is 0.496 e. The SMILES string of the molecule is COc1ccc(Cl)cc1C(=O)N=c1sn(C(C)(C)C)cc1CCCC(C)(F)F. The summed E-state index contributed by atoms with van der Waals surface area (Å²) in [5.41, 5.74) is 0.828. The molecule has 0 atom stereocenters. The summed E-state index contributed by atoms with van der Waals surface area (Å²) in [6.45, 7) is 6.99. The van der Waals surface area contributed by atoms with Crippen molar-refractivity contribution in [3.8, 4) is 5.75 Å². The van der Waals surface area contributed by atoms with Crippen LogP contribution in [-0.4, -0.2) is 22.9 Å². The van der Waals surface area contributed by atoms with Crippen molar-refractivity contribution < 1.29 is 18.3 Å². The van der Waals surface area contributed by atoms with Gasteiger partial charge in [-0.05, 0) is 70.3 Å². The number of benzene rings is 1. The molecule has 0 N–H and O–H groups in total. The molecule has 0 unspecified atom stereocenters. The number of methoxy groups -OCH3 is 1. The van der Waals surface area contributed by atoms with Crippen LogP contribution in [0.1, 0.15) is 56.5 Å². The molecule has 0 radical (unpaired) electrons. The Morgan fingerprint density at radius 2 is 1.96 bits per heavy atom. The summed E-state index contributed by atoms with van der Waals surface area (Å²) in [5.74, 6) is -2.81. The molecule has 1 aromatic carbocycles. The number of hydrogen-bond donors (Lipinski definition) is 0. The minimum absolute atomic E-state index is 0.210. The zero-order valence-electron chi connectivity index (χ0n) is 16.7. The predicted molar refractivity (Wildman–Crippen MR) is 109 cm³/mol. The summed E-state index contributed by atoms with van der Waals surface area (Å²) in [4.78, 5) is 17.0. The normalized spacial score (nSPS) is 13.1. The second-order valence-corrected chi connectivity index (χ2v) is 9.13. The van der Waals surface area contributed by atoms with Crippen molar-refractivity contribution in [1.29, 1.82) is 0 Å². The molecule has 0 aliphatic rings. The Balaban J connectivity index is 2.43. The minimum Gasteiger partial charge on any atom is -0.496 e. The smallest absolute Gasteiger partial charge is 0.282 e. The molecular formula is C20H25ClF2N2O2S. The van der Waals surface area contributed by atoms with Crippen molar-refractivity contribution in [2.45, 2.75) is 58.4 Å². The number of rotatable bonds is 6. The van der Waals surface area contributed by atoms with Crippen LogP contribution in [0.3, 0.4) is 0 Å². The van der Waals surface area contributed by atoms with Gasteiger partial charge in [-0.25, -0.2) is 8.78 Å². The molecule has 2 rings (SSSR count). The van der Waals surface area contributed by atoms with Gasteiger partial charge in [-0.15, -0.1) is 0 Å². The maximum Gasteiger partial charge on any atom is 0.282 e. The lowest BCUT2D eigenvalue weighted by atomic mass is 10.1. The predicted octanol–water partition coefficient (Wildman–Crippen LogP) is 5.69. The molecule has 2 aromatic rings. The molecule has 0 fully saturated rings. The lowest BCUT2D eigenvalue weighted by Gasteiger charge is -2.19. The fourth-order valence-electron chi connectivity index (χ4n) is 2.56. The van der Waals surface area contributed by atoms with Crippen LogP contribution < -0.4 is 9.41 Å². The van der Waals surface area contributed by atoms with E-state index in [4.69, 9.17) is 16.3 Å². The Hall–Kier alpha value is -1.73. The molecular weight excluding hydrogens is 406 g/mol. The first-order chi connectivity index (χ1) is 12.9. The average Bonchev–Trinajstić information content (AvgIpc) is 2.96. The standard InChI is InChI=1S/C20H25ClF2N2O2S/c1-19(2,3)25-12-13(7-6-10-20(4,22)23)18(28-25)24-17(26)15-11-14(21)8-9-16(15)27-5/h8-9,11-12H,6-7,10H2,1-5H3. The van der Waals surface area contributed by atoms with E-state index < -0.39 is 11.8 Å². The van der Waals surface area contributed by atoms with E-state index in [1.165, 1.54) is 24.7 Å². The van der Waals surface area contributed by atoms with E-state index in [0.29, 0.717) is 28.3 Å². The zero-order valence-corrected chi connectivity index (χ0v) is 18.3. The van der Waals surface area contributed by atoms with Gasteiger partial charge in [-0.1, -0.05) is 11.6 Å². The van der Waals surface area contributed by atoms with E-state index in [9.17, 15) is 13.6 Å². The number of amides is 1. The number of ether oxygens (including phenoxy) is 1. The Labute approximate surface area is 173 Å². The topological polar surface area (TPSA) is 43.6 Å². The highest BCUT2D eigenvalue weighted by Crippen LogP contribution is 2.24. The number of carbonyl (C=O) groups excluding carboxylic acids is 1. The lowest BCUT2D eigenvalue weighted by molar-refractivity contribution is 0.0111. The van der Waals surface area contributed by atoms with Gasteiger partial charge in [0.25, 0.3) is 5.91 Å². The second-order valence-electron chi connectivity index (χ2n) is 7.73. The van der Waals surface area contributed by atoms with Crippen molar-refractivity contribution in [2.24, 2.45) is 4.99 Å². The summed E-state index contributed by atoms with van der Waals surface area (Å²) >= 11 is 7.34. The van der Waals surface area contributed by atoms with E-state index in [-0.39, 0.29) is 17.5 Å². The van der Waals surface area contributed by atoms with Gasteiger partial charge in [0, 0.05) is 28.7 Å². The first kappa shape index (κ1) is 22.6. The van der Waals surface area contributed by atoms with Crippen molar-refractivity contribution in [2.75, 3.05) is 7.11 Å². The number of hydrogen-bond acceptors (Lipinski definition) is 3. The third-order valence-corrected chi connectivity index (χ3v) is 5.66. The van der Waals surface area contributed by atoms with Crippen molar-refractivity contribution >= 4 is 29.0 Å². The zero-order chi connectivity index (χ0) is 21.1. The number of aromatic nitrogens is 1. The number of nitrogens with zero attached hydrogens (tertiary/aromatic N) is 2. The van der Waals surface area contributed by atoms with Crippen LogP contribution >= 0.6 is 23.1 Å². The molecule has 1 heterocycles. The molecule has 8 heteroatoms. The van der Waals surface area contributed by atoms with E-state index in [1.807, 2.05) is 30.9 Å². The van der Waals surface area contributed by atoms with Crippen LogP contribution in [0, 0.1) is 0 Å². The van der Waals surface area contributed by atoms with Crippen LogP contribution in [0.5, 0.6) is 5.75 Å². The Kier molecular flexibility index (Phi) is 7.04. The highest BCUT2D eigenvalue weighted by Gasteiger charge is 2.22. The molecule has 4 nitrogen and oxygen atoms in total. The fourth-order valence-corrected chi connectivity index (χ4v) is 3.77. The summed E-state index contributed by atoms with van der Waals surface area (Å²) in [6.07, 6.45) is 2.40. The molecule has 0 bridgehead atoms. The number of alkyl halides is 2. The summed E-state index contributed by atoms with van der Waals surface area (Å²) < 4.78 is 34.1. The minimum atomic E-state index is -2.71. The molecule has 0 saturated heterocycles. The van der Waals surface area contributed by atoms with Gasteiger partial charge >= 0.3 is 0 Å². The van der Waals surface area contributed by atoms with Crippen LogP contribution in [-0.2, 0) is 12.0 Å². The fraction of sp³-hybridized carbons (Fsp3) is 0.500. The van der Waals surface area contributed by atoms with Crippen molar-refractivity contribution in [1.82, 2.24) is 3.96 Å². The monoisotopic (exact) mass is 430 g/mol. The second kappa shape index (κ2) is 8.74. The molecule has 28 heavy (non-hydrogen) atoms. The van der Waals surface area contributed by atoms with Gasteiger partial charge in [0.15, 0.2) is 0 Å². The van der Waals surface area contributed by atoms with Gasteiger partial charge in [0.1, 0.15) is 10.4 Å². The average molecular weight is 431 g/mol. The Bertz CT molecular complexity index is 908. The van der Waals surface area contributed by atoms with Crippen LogP contribution in [0.25, 0.3) is 0 Å². The van der Waals surface area contributed by atoms with E-state index in [0.717, 1.165) is 12.5 Å². The van der Waals surface area contributed by atoms with Crippen LogP contribution in [0.2, 0.25) is 5.02 Å². The van der Waals surface area contributed by atoms with Gasteiger partial charge in [0.2, 0.25) is 5.92 Å². The lowest BCUT2D eigenvalue weighted by Crippen LogP contribution is -2.18. The van der Waals surface area contributed by atoms with Gasteiger partial charge in [0.05, 0.1) is 12.7 Å². The highest BCUT2D eigenvalue weighted by molar-refractivity contribution is 7.04. The molecule has 0 spiro atoms. The quantitative estimate of drug-likeness (QED) is 0.591. The Morgan fingerprint density at radius 1 is 1.29 bits per heavy atom. The third kappa shape index (κ3) is 6.14. The number of aryl methyl sites for hydroxylation is 1. The van der Waals surface area contributed by atoms with Gasteiger partial charge in [-0.3, -0.25) is 8.75 Å². The summed E-state index contributed by atoms with van der Waals surface area (Å²) in [7, 11) is 1.47. The van der Waals surface area contributed by atoms with Gasteiger partial charge < -0.3 is 4.74 Å². The highest BCUT2D eigenvalue weighted by atomic mass is 35.5. The molecule has 0 aliphatic heterocycles. The molecule has 0 saturated carbocycles. The third-order valence-electron chi connectivity index (χ3n) is 4.05. The van der Waals surface area contributed by atoms with Gasteiger partial charge in [-0.2, -0.15) is 4.99 Å². The number of carbonyl (C=O) groups is 1. The number of halogens is 3. The molecule has 1 amide bonds. The molecule has 154 valence electrons. The van der Waals surface area contributed by atoms with E-state index in [2.05, 4.69) is 4.99 Å². The summed E-state index contributed by atoms with van der Waals surface area (Å²) in [6, 6.07) is 4.75. The first-order valence-electron chi connectivity index (χ1n) is 8.93. The van der Waals surface area contributed by atoms with E-state index in [1.54, 1.807) is 12.1 Å². The van der Waals surface area contributed by atoms with Crippen LogP contribution in [0.4, 0.5) is 8.78 Å². The summed E-state index contributed by atoms with van der Waals surface area (Å²) in [5, 5.41) is 0.403. The molecule has 1 aromatic heterocycles. The molecule has 0 aliphatic carbocycles. The first-order valence-corrected chi connectivity index (χ1v) is 10.1. The van der Waals surface area contributed by atoms with Crippen molar-refractivity contribution in [3.05, 3.63) is 45.2 Å². The Morgan fingerprint density at radius 3 is 2.54 bits per heavy atom. The maximum atomic E-state index is 13.2.